The van der Waals surface area contributed by atoms with Crippen molar-refractivity contribution in [2.75, 3.05) is 6.54 Å². The van der Waals surface area contributed by atoms with E-state index in [1.807, 2.05) is 42.5 Å². The van der Waals surface area contributed by atoms with Gasteiger partial charge >= 0.3 is 0 Å². The van der Waals surface area contributed by atoms with Gasteiger partial charge in [0.15, 0.2) is 0 Å². The van der Waals surface area contributed by atoms with Gasteiger partial charge < -0.3 is 15.4 Å². The maximum absolute atomic E-state index is 12.1. The number of hydrogen-bond donors (Lipinski definition) is 2. The average molecular weight is 359 g/mol. The van der Waals surface area contributed by atoms with E-state index >= 15 is 0 Å². The molecule has 0 saturated carbocycles. The van der Waals surface area contributed by atoms with E-state index in [1.54, 1.807) is 6.07 Å². The summed E-state index contributed by atoms with van der Waals surface area (Å²) in [5.41, 5.74) is 2.10. The Morgan fingerprint density at radius 3 is 2.68 bits per heavy atom. The molecular weight excluding hydrogens is 336 g/mol. The number of nitrogens with one attached hydrogen (secondary N) is 2. The molecule has 1 amide bonds. The topological polar surface area (TPSA) is 50.4 Å². The van der Waals surface area contributed by atoms with E-state index in [9.17, 15) is 4.79 Å². The normalized spacial score (nSPS) is 16.6. The van der Waals surface area contributed by atoms with Crippen LogP contribution in [0, 0.1) is 0 Å². The lowest BCUT2D eigenvalue weighted by molar-refractivity contribution is -0.121. The van der Waals surface area contributed by atoms with Crippen molar-refractivity contribution < 1.29 is 9.53 Å². The van der Waals surface area contributed by atoms with E-state index in [-0.39, 0.29) is 5.91 Å². The average Bonchev–Trinajstić information content (AvgIpc) is 3.13. The van der Waals surface area contributed by atoms with Crippen LogP contribution >= 0.6 is 11.6 Å². The molecule has 25 heavy (non-hydrogen) atoms. The summed E-state index contributed by atoms with van der Waals surface area (Å²) in [5, 5.41) is 6.96. The minimum absolute atomic E-state index is 0.0845. The molecule has 1 fully saturated rings. The molecule has 5 heteroatoms. The number of carbonyl (C=O) groups is 1. The quantitative estimate of drug-likeness (QED) is 0.793. The van der Waals surface area contributed by atoms with Crippen LogP contribution in [0.4, 0.5) is 0 Å². The summed E-state index contributed by atoms with van der Waals surface area (Å²) in [6.07, 6.45) is 2.77. The summed E-state index contributed by atoms with van der Waals surface area (Å²) in [6, 6.07) is 15.7. The second-order valence-corrected chi connectivity index (χ2v) is 6.67. The molecule has 2 aromatic carbocycles. The first-order valence-corrected chi connectivity index (χ1v) is 9.04. The molecule has 1 heterocycles. The van der Waals surface area contributed by atoms with E-state index in [0.717, 1.165) is 30.5 Å². The molecule has 0 spiro atoms. The molecule has 0 aliphatic carbocycles. The lowest BCUT2D eigenvalue weighted by atomic mass is 10.1. The van der Waals surface area contributed by atoms with Gasteiger partial charge in [0.1, 0.15) is 12.4 Å². The van der Waals surface area contributed by atoms with Gasteiger partial charge in [0.2, 0.25) is 5.91 Å². The Hall–Kier alpha value is -2.04. The van der Waals surface area contributed by atoms with E-state index in [1.165, 1.54) is 0 Å². The van der Waals surface area contributed by atoms with Crippen LogP contribution in [0.2, 0.25) is 5.02 Å². The van der Waals surface area contributed by atoms with Crippen LogP contribution in [-0.2, 0) is 17.9 Å². The van der Waals surface area contributed by atoms with E-state index < -0.39 is 0 Å². The lowest BCUT2D eigenvalue weighted by Crippen LogP contribution is -2.31. The Balaban J connectivity index is 1.55. The van der Waals surface area contributed by atoms with Crippen LogP contribution in [0.25, 0.3) is 0 Å². The van der Waals surface area contributed by atoms with Crippen molar-refractivity contribution in [2.45, 2.75) is 38.5 Å². The largest absolute Gasteiger partial charge is 0.487 e. The van der Waals surface area contributed by atoms with Crippen LogP contribution in [0.1, 0.15) is 30.4 Å². The fourth-order valence-electron chi connectivity index (χ4n) is 3.01. The smallest absolute Gasteiger partial charge is 0.221 e. The second kappa shape index (κ2) is 8.88. The van der Waals surface area contributed by atoms with Crippen molar-refractivity contribution in [1.29, 1.82) is 0 Å². The van der Waals surface area contributed by atoms with Gasteiger partial charge in [-0.1, -0.05) is 48.0 Å². The highest BCUT2D eigenvalue weighted by molar-refractivity contribution is 6.32. The van der Waals surface area contributed by atoms with Crippen LogP contribution in [0.3, 0.4) is 0 Å². The first-order valence-electron chi connectivity index (χ1n) is 8.66. The molecule has 2 aromatic rings. The van der Waals surface area contributed by atoms with Crippen LogP contribution in [0.15, 0.2) is 48.5 Å². The molecule has 0 bridgehead atoms. The van der Waals surface area contributed by atoms with Gasteiger partial charge in [-0.3, -0.25) is 4.79 Å². The highest BCUT2D eigenvalue weighted by atomic mass is 35.5. The van der Waals surface area contributed by atoms with Gasteiger partial charge in [0.05, 0.1) is 5.02 Å². The first-order chi connectivity index (χ1) is 12.2. The van der Waals surface area contributed by atoms with Crippen molar-refractivity contribution in [3.63, 3.8) is 0 Å². The van der Waals surface area contributed by atoms with Crippen LogP contribution in [0.5, 0.6) is 5.75 Å². The van der Waals surface area contributed by atoms with Crippen molar-refractivity contribution in [1.82, 2.24) is 10.6 Å². The number of hydrogen-bond acceptors (Lipinski definition) is 3. The number of para-hydroxylation sites is 1. The standard InChI is InChI=1S/C20H23ClN2O2/c21-18-9-3-4-10-19(18)25-14-16-7-2-1-6-15(16)13-23-20(24)12-17-8-5-11-22-17/h1-4,6-7,9-10,17,22H,5,8,11-14H2,(H,23,24). The molecule has 1 unspecified atom stereocenters. The SMILES string of the molecule is O=C(CC1CCCN1)NCc1ccccc1COc1ccccc1Cl. The predicted molar refractivity (Wildman–Crippen MR) is 99.7 cm³/mol. The van der Waals surface area contributed by atoms with Crippen LogP contribution < -0.4 is 15.4 Å². The van der Waals surface area contributed by atoms with E-state index in [0.29, 0.717) is 36.4 Å². The van der Waals surface area contributed by atoms with E-state index in [2.05, 4.69) is 10.6 Å². The van der Waals surface area contributed by atoms with Crippen molar-refractivity contribution in [3.05, 3.63) is 64.7 Å². The maximum atomic E-state index is 12.1. The van der Waals surface area contributed by atoms with E-state index in [4.69, 9.17) is 16.3 Å². The number of benzene rings is 2. The third-order valence-corrected chi connectivity index (χ3v) is 4.72. The Kier molecular flexibility index (Phi) is 6.31. The summed E-state index contributed by atoms with van der Waals surface area (Å²) < 4.78 is 5.82. The molecule has 1 atom stereocenters. The molecule has 4 nitrogen and oxygen atoms in total. The summed E-state index contributed by atoms with van der Waals surface area (Å²) >= 11 is 6.13. The molecule has 2 N–H and O–H groups in total. The van der Waals surface area contributed by atoms with Gasteiger partial charge in [-0.05, 0) is 42.6 Å². The third-order valence-electron chi connectivity index (χ3n) is 4.41. The Labute approximate surface area is 153 Å². The highest BCUT2D eigenvalue weighted by Crippen LogP contribution is 2.24. The minimum Gasteiger partial charge on any atom is -0.487 e. The van der Waals surface area contributed by atoms with Crippen molar-refractivity contribution >= 4 is 17.5 Å². The highest BCUT2D eigenvalue weighted by Gasteiger charge is 2.17. The molecule has 1 aliphatic heterocycles. The fraction of sp³-hybridized carbons (Fsp3) is 0.350. The third kappa shape index (κ3) is 5.21. The summed E-state index contributed by atoms with van der Waals surface area (Å²) in [4.78, 5) is 12.1. The van der Waals surface area contributed by atoms with Gasteiger partial charge in [-0.25, -0.2) is 0 Å². The van der Waals surface area contributed by atoms with Gasteiger partial charge in [0.25, 0.3) is 0 Å². The molecule has 132 valence electrons. The van der Waals surface area contributed by atoms with Gasteiger partial charge in [-0.2, -0.15) is 0 Å². The zero-order chi connectivity index (χ0) is 17.5. The maximum Gasteiger partial charge on any atom is 0.221 e. The predicted octanol–water partition coefficient (Wildman–Crippen LogP) is 3.68. The molecule has 1 saturated heterocycles. The summed E-state index contributed by atoms with van der Waals surface area (Å²) in [7, 11) is 0. The molecule has 0 radical (unpaired) electrons. The molecular formula is C20H23ClN2O2. The van der Waals surface area contributed by atoms with Crippen molar-refractivity contribution in [2.24, 2.45) is 0 Å². The number of rotatable bonds is 7. The molecule has 3 rings (SSSR count). The Morgan fingerprint density at radius 2 is 1.92 bits per heavy atom. The lowest BCUT2D eigenvalue weighted by Gasteiger charge is -2.14. The minimum atomic E-state index is 0.0845. The summed E-state index contributed by atoms with van der Waals surface area (Å²) in [6.45, 7) is 1.94. The monoisotopic (exact) mass is 358 g/mol. The van der Waals surface area contributed by atoms with Gasteiger partial charge in [-0.15, -0.1) is 0 Å². The molecule has 0 aromatic heterocycles. The number of ether oxygens (including phenoxy) is 1. The number of amides is 1. The van der Waals surface area contributed by atoms with Crippen LogP contribution in [-0.4, -0.2) is 18.5 Å². The van der Waals surface area contributed by atoms with Crippen molar-refractivity contribution in [3.8, 4) is 5.75 Å². The second-order valence-electron chi connectivity index (χ2n) is 6.26. The van der Waals surface area contributed by atoms with Gasteiger partial charge in [0, 0.05) is 19.0 Å². The zero-order valence-electron chi connectivity index (χ0n) is 14.1. The Morgan fingerprint density at radius 1 is 1.16 bits per heavy atom. The number of halogens is 1. The Bertz CT molecular complexity index is 714. The fourth-order valence-corrected chi connectivity index (χ4v) is 3.20. The first kappa shape index (κ1) is 17.8. The molecule has 1 aliphatic rings. The number of carbonyl (C=O) groups excluding carboxylic acids is 1. The summed E-state index contributed by atoms with van der Waals surface area (Å²) in [5.74, 6) is 0.747. The zero-order valence-corrected chi connectivity index (χ0v) is 14.9.